The minimum Gasteiger partial charge on any atom is -0.490 e. The molecule has 3 aromatic heterocycles. The maximum Gasteiger partial charge on any atom is 0.355 e. The minimum atomic E-state index is -1.43. The van der Waals surface area contributed by atoms with Crippen molar-refractivity contribution in [3.05, 3.63) is 82.3 Å². The summed E-state index contributed by atoms with van der Waals surface area (Å²) in [5, 5.41) is 17.7. The lowest BCUT2D eigenvalue weighted by Crippen LogP contribution is -2.37. The summed E-state index contributed by atoms with van der Waals surface area (Å²) in [5.74, 6) is -1.63. The monoisotopic (exact) mass is 630 g/mol. The van der Waals surface area contributed by atoms with E-state index in [1.807, 2.05) is 13.8 Å². The van der Waals surface area contributed by atoms with Crippen LogP contribution in [0.25, 0.3) is 28.0 Å². The molecular formula is C33H35FN6O6. The average Bonchev–Trinajstić information content (AvgIpc) is 3.00. The number of ether oxygens (including phenoxy) is 2. The molecule has 0 aliphatic carbocycles. The average molecular weight is 631 g/mol. The third-order valence-corrected chi connectivity index (χ3v) is 7.53. The molecular weight excluding hydrogens is 595 g/mol. The summed E-state index contributed by atoms with van der Waals surface area (Å²) in [4.78, 5) is 52.1. The van der Waals surface area contributed by atoms with E-state index in [1.54, 1.807) is 32.0 Å². The van der Waals surface area contributed by atoms with Gasteiger partial charge in [0.1, 0.15) is 30.1 Å². The molecule has 240 valence electrons. The number of nitrogens with one attached hydrogen (secondary N) is 2. The van der Waals surface area contributed by atoms with E-state index in [0.717, 1.165) is 6.08 Å². The molecule has 3 atom stereocenters. The number of hydrogen-bond acceptors (Lipinski definition) is 10. The molecule has 0 saturated carbocycles. The van der Waals surface area contributed by atoms with E-state index in [0.29, 0.717) is 16.6 Å². The lowest BCUT2D eigenvalue weighted by molar-refractivity contribution is -0.154. The maximum atomic E-state index is 15.6. The topological polar surface area (TPSA) is 158 Å². The Balaban J connectivity index is 1.89. The molecule has 1 amide bonds. The molecule has 1 aliphatic heterocycles. The number of carbonyl (C=O) groups is 2. The maximum absolute atomic E-state index is 15.6. The van der Waals surface area contributed by atoms with Crippen LogP contribution in [-0.2, 0) is 14.3 Å². The number of hydrogen-bond donors (Lipinski definition) is 3. The third kappa shape index (κ3) is 6.18. The molecule has 0 radical (unpaired) electrons. The summed E-state index contributed by atoms with van der Waals surface area (Å²) in [6, 6.07) is 7.21. The van der Waals surface area contributed by atoms with Crippen LogP contribution in [0.2, 0.25) is 0 Å². The first-order valence-corrected chi connectivity index (χ1v) is 14.8. The van der Waals surface area contributed by atoms with Gasteiger partial charge in [0.05, 0.1) is 28.0 Å². The number of aliphatic hydroxyl groups excluding tert-OH is 1. The van der Waals surface area contributed by atoms with Crippen LogP contribution in [0.1, 0.15) is 56.5 Å². The van der Waals surface area contributed by atoms with Crippen molar-refractivity contribution in [3.63, 3.8) is 0 Å². The summed E-state index contributed by atoms with van der Waals surface area (Å²) in [5.41, 5.74) is 1.09. The Morgan fingerprint density at radius 2 is 2.02 bits per heavy atom. The normalized spacial score (nSPS) is 16.3. The highest BCUT2D eigenvalue weighted by Crippen LogP contribution is 2.39. The van der Waals surface area contributed by atoms with Gasteiger partial charge in [-0.1, -0.05) is 26.5 Å². The van der Waals surface area contributed by atoms with Crippen LogP contribution in [0.15, 0.2) is 54.0 Å². The van der Waals surface area contributed by atoms with E-state index >= 15 is 4.39 Å². The molecule has 0 fully saturated rings. The number of amides is 1. The number of esters is 1. The van der Waals surface area contributed by atoms with E-state index in [1.165, 1.54) is 29.8 Å². The van der Waals surface area contributed by atoms with Crippen LogP contribution in [0, 0.1) is 12.7 Å². The zero-order valence-corrected chi connectivity index (χ0v) is 26.1. The number of aromatic nitrogens is 4. The lowest BCUT2D eigenvalue weighted by atomic mass is 9.97. The molecule has 12 nitrogen and oxygen atoms in total. The largest absolute Gasteiger partial charge is 0.490 e. The van der Waals surface area contributed by atoms with E-state index in [9.17, 15) is 19.5 Å². The van der Waals surface area contributed by atoms with Crippen LogP contribution < -0.4 is 21.1 Å². The lowest BCUT2D eigenvalue weighted by Gasteiger charge is -2.28. The fourth-order valence-corrected chi connectivity index (χ4v) is 5.46. The van der Waals surface area contributed by atoms with E-state index in [2.05, 4.69) is 27.2 Å². The summed E-state index contributed by atoms with van der Waals surface area (Å²) in [6.45, 7) is 11.8. The summed E-state index contributed by atoms with van der Waals surface area (Å²) < 4.78 is 28.5. The van der Waals surface area contributed by atoms with Crippen molar-refractivity contribution in [3.8, 4) is 22.7 Å². The van der Waals surface area contributed by atoms with Crippen molar-refractivity contribution in [1.82, 2.24) is 24.8 Å². The predicted molar refractivity (Wildman–Crippen MR) is 169 cm³/mol. The van der Waals surface area contributed by atoms with Gasteiger partial charge in [-0.3, -0.25) is 14.6 Å². The summed E-state index contributed by atoms with van der Waals surface area (Å²) in [7, 11) is 0. The van der Waals surface area contributed by atoms with Crippen molar-refractivity contribution in [1.29, 1.82) is 0 Å². The molecule has 4 aromatic rings. The Bertz CT molecular complexity index is 1910. The molecule has 4 heterocycles. The standard InChI is InChI=1S/C33H35FN6O6/c1-7-25(43)37-18(5)14-36-31-21-13-17(4)28-26-22(34)9-8-10-24(26)45-15-23(42)30(46-19(6)41)20-11-12-35-27(16(2)3)29(20)40(32(21)38-28)33(44)39-31/h7-13,16,18,23,30,42H,1,14-15H2,2-6H3,(H,37,43)(H,36,39,44)/t18-,23?,30?/m1/s1. The Kier molecular flexibility index (Phi) is 9.15. The fraction of sp³-hybridized carbons (Fsp3) is 0.333. The van der Waals surface area contributed by atoms with Gasteiger partial charge in [-0.2, -0.15) is 4.98 Å². The highest BCUT2D eigenvalue weighted by molar-refractivity contribution is 5.91. The first kappa shape index (κ1) is 32.2. The molecule has 1 aliphatic rings. The number of fused-ring (bicyclic) bond motifs is 5. The van der Waals surface area contributed by atoms with Crippen molar-refractivity contribution >= 4 is 28.7 Å². The fourth-order valence-electron chi connectivity index (χ4n) is 5.46. The molecule has 0 saturated heterocycles. The molecule has 0 spiro atoms. The van der Waals surface area contributed by atoms with Gasteiger partial charge >= 0.3 is 11.7 Å². The highest BCUT2D eigenvalue weighted by Gasteiger charge is 2.33. The summed E-state index contributed by atoms with van der Waals surface area (Å²) in [6.07, 6.45) is -0.0652. The van der Waals surface area contributed by atoms with Gasteiger partial charge in [0.2, 0.25) is 5.91 Å². The third-order valence-electron chi connectivity index (χ3n) is 7.53. The van der Waals surface area contributed by atoms with Gasteiger partial charge in [0, 0.05) is 31.3 Å². The molecule has 1 aromatic carbocycles. The van der Waals surface area contributed by atoms with Crippen molar-refractivity contribution in [2.45, 2.75) is 58.8 Å². The molecule has 3 N–H and O–H groups in total. The molecule has 13 heteroatoms. The van der Waals surface area contributed by atoms with Crippen LogP contribution in [0.4, 0.5) is 10.2 Å². The van der Waals surface area contributed by atoms with Crippen LogP contribution >= 0.6 is 0 Å². The number of carbonyl (C=O) groups excluding carboxylic acids is 2. The molecule has 2 bridgehead atoms. The zero-order chi connectivity index (χ0) is 33.3. The molecule has 5 rings (SSSR count). The Hall–Kier alpha value is -5.17. The minimum absolute atomic E-state index is 0.0280. The number of anilines is 1. The van der Waals surface area contributed by atoms with Crippen molar-refractivity contribution < 1.29 is 28.6 Å². The number of rotatable bonds is 7. The number of benzene rings is 1. The first-order chi connectivity index (χ1) is 21.9. The quantitative estimate of drug-likeness (QED) is 0.202. The van der Waals surface area contributed by atoms with Gasteiger partial charge < -0.3 is 25.2 Å². The van der Waals surface area contributed by atoms with E-state index in [4.69, 9.17) is 14.5 Å². The van der Waals surface area contributed by atoms with E-state index in [-0.39, 0.29) is 70.7 Å². The van der Waals surface area contributed by atoms with Gasteiger partial charge in [0.25, 0.3) is 0 Å². The number of nitrogens with zero attached hydrogens (tertiary/aromatic N) is 4. The second-order valence-electron chi connectivity index (χ2n) is 11.4. The van der Waals surface area contributed by atoms with Gasteiger partial charge in [0.15, 0.2) is 11.8 Å². The van der Waals surface area contributed by atoms with Crippen molar-refractivity contribution in [2.24, 2.45) is 0 Å². The second kappa shape index (κ2) is 13.1. The van der Waals surface area contributed by atoms with Gasteiger partial charge in [-0.25, -0.2) is 18.7 Å². The number of pyridine rings is 2. The Morgan fingerprint density at radius 1 is 1.26 bits per heavy atom. The van der Waals surface area contributed by atoms with Crippen LogP contribution in [0.3, 0.4) is 0 Å². The number of halogens is 1. The van der Waals surface area contributed by atoms with Crippen molar-refractivity contribution in [2.75, 3.05) is 18.5 Å². The molecule has 2 unspecified atom stereocenters. The smallest absolute Gasteiger partial charge is 0.355 e. The number of aryl methyl sites for hydroxylation is 1. The first-order valence-electron chi connectivity index (χ1n) is 14.8. The summed E-state index contributed by atoms with van der Waals surface area (Å²) >= 11 is 0. The zero-order valence-electron chi connectivity index (χ0n) is 26.1. The number of aliphatic hydroxyl groups is 1. The van der Waals surface area contributed by atoms with Gasteiger partial charge in [-0.05, 0) is 55.7 Å². The van der Waals surface area contributed by atoms with E-state index < -0.39 is 29.7 Å². The predicted octanol–water partition coefficient (Wildman–Crippen LogP) is 3.87. The molecule has 46 heavy (non-hydrogen) atoms. The van der Waals surface area contributed by atoms with Crippen LogP contribution in [-0.4, -0.2) is 61.8 Å². The van der Waals surface area contributed by atoms with Crippen LogP contribution in [0.5, 0.6) is 5.75 Å². The SMILES string of the molecule is C=CC(=O)N[C@H](C)CNc1nc(=O)n2c3nc(c(C)cc13)-c1c(F)cccc1OCC(O)C(OC(C)=O)c1ccnc(C(C)C)c1-2. The second-order valence-corrected chi connectivity index (χ2v) is 11.4. The Morgan fingerprint density at radius 3 is 2.72 bits per heavy atom. The van der Waals surface area contributed by atoms with Gasteiger partial charge in [-0.15, -0.1) is 0 Å². The highest BCUT2D eigenvalue weighted by atomic mass is 19.1. The Labute approximate surface area is 264 Å².